The van der Waals surface area contributed by atoms with Crippen LogP contribution in [0.3, 0.4) is 0 Å². The molecule has 110 valence electrons. The van der Waals surface area contributed by atoms with E-state index in [4.69, 9.17) is 5.73 Å². The number of aliphatic hydroxyl groups is 1. The second-order valence-electron chi connectivity index (χ2n) is 4.98. The Bertz CT molecular complexity index is 638. The van der Waals surface area contributed by atoms with Crippen molar-refractivity contribution in [1.82, 2.24) is 10.3 Å². The Hall–Kier alpha value is -2.40. The molecule has 0 bridgehead atoms. The van der Waals surface area contributed by atoms with Crippen molar-refractivity contribution in [2.24, 2.45) is 0 Å². The van der Waals surface area contributed by atoms with Crippen molar-refractivity contribution in [2.45, 2.75) is 20.0 Å². The van der Waals surface area contributed by atoms with E-state index in [0.29, 0.717) is 22.5 Å². The zero-order valence-electron chi connectivity index (χ0n) is 12.1. The highest BCUT2D eigenvalue weighted by Crippen LogP contribution is 2.14. The largest absolute Gasteiger partial charge is 0.399 e. The molecule has 1 amide bonds. The lowest BCUT2D eigenvalue weighted by Gasteiger charge is -2.13. The molecule has 1 aromatic carbocycles. The van der Waals surface area contributed by atoms with Crippen molar-refractivity contribution in [3.63, 3.8) is 0 Å². The summed E-state index contributed by atoms with van der Waals surface area (Å²) < 4.78 is 0. The minimum atomic E-state index is -0.770. The highest BCUT2D eigenvalue weighted by atomic mass is 16.3. The summed E-state index contributed by atoms with van der Waals surface area (Å²) >= 11 is 0. The number of carbonyl (C=O) groups is 1. The number of nitrogens with two attached hydrogens (primary N) is 1. The molecule has 0 fully saturated rings. The SMILES string of the molecule is Cc1ccc(C(=O)NCC(O)c2ccc(N)cc2)c(C)n1. The van der Waals surface area contributed by atoms with Gasteiger partial charge < -0.3 is 16.2 Å². The Morgan fingerprint density at radius 2 is 1.90 bits per heavy atom. The molecule has 0 aliphatic rings. The van der Waals surface area contributed by atoms with Gasteiger partial charge in [0.15, 0.2) is 0 Å². The number of nitrogen functional groups attached to an aromatic ring is 1. The van der Waals surface area contributed by atoms with Crippen LogP contribution in [0, 0.1) is 13.8 Å². The maximum absolute atomic E-state index is 12.1. The lowest BCUT2D eigenvalue weighted by Crippen LogP contribution is -2.29. The normalized spacial score (nSPS) is 12.0. The average molecular weight is 285 g/mol. The predicted molar refractivity (Wildman–Crippen MR) is 81.9 cm³/mol. The maximum Gasteiger partial charge on any atom is 0.253 e. The number of amides is 1. The van der Waals surface area contributed by atoms with Gasteiger partial charge in [0.05, 0.1) is 17.4 Å². The van der Waals surface area contributed by atoms with Gasteiger partial charge in [-0.05, 0) is 43.7 Å². The number of rotatable bonds is 4. The molecule has 0 saturated heterocycles. The third kappa shape index (κ3) is 3.79. The minimum Gasteiger partial charge on any atom is -0.399 e. The molecular formula is C16H19N3O2. The molecule has 21 heavy (non-hydrogen) atoms. The number of aryl methyl sites for hydroxylation is 2. The standard InChI is InChI=1S/C16H19N3O2/c1-10-3-8-14(11(2)19-10)16(21)18-9-15(20)12-4-6-13(17)7-5-12/h3-8,15,20H,9,17H2,1-2H3,(H,18,21). The molecule has 1 unspecified atom stereocenters. The van der Waals surface area contributed by atoms with Gasteiger partial charge in [-0.25, -0.2) is 0 Å². The number of carbonyl (C=O) groups excluding carboxylic acids is 1. The van der Waals surface area contributed by atoms with Crippen LogP contribution in [0.4, 0.5) is 5.69 Å². The number of benzene rings is 1. The van der Waals surface area contributed by atoms with E-state index >= 15 is 0 Å². The molecule has 2 aromatic rings. The van der Waals surface area contributed by atoms with Gasteiger partial charge in [0.2, 0.25) is 0 Å². The van der Waals surface area contributed by atoms with Gasteiger partial charge in [0.25, 0.3) is 5.91 Å². The topological polar surface area (TPSA) is 88.2 Å². The number of nitrogens with one attached hydrogen (secondary N) is 1. The van der Waals surface area contributed by atoms with Crippen molar-refractivity contribution in [2.75, 3.05) is 12.3 Å². The third-order valence-corrected chi connectivity index (χ3v) is 3.25. The van der Waals surface area contributed by atoms with Crippen LogP contribution in [0.2, 0.25) is 0 Å². The molecule has 0 aliphatic heterocycles. The summed E-state index contributed by atoms with van der Waals surface area (Å²) in [5, 5.41) is 12.8. The van der Waals surface area contributed by atoms with E-state index in [0.717, 1.165) is 5.69 Å². The Labute approximate surface area is 123 Å². The fraction of sp³-hybridized carbons (Fsp3) is 0.250. The van der Waals surface area contributed by atoms with E-state index in [1.54, 1.807) is 43.3 Å². The van der Waals surface area contributed by atoms with Gasteiger partial charge in [-0.3, -0.25) is 9.78 Å². The highest BCUT2D eigenvalue weighted by Gasteiger charge is 2.13. The van der Waals surface area contributed by atoms with Crippen LogP contribution in [-0.2, 0) is 0 Å². The van der Waals surface area contributed by atoms with Crippen LogP contribution >= 0.6 is 0 Å². The Balaban J connectivity index is 1.99. The summed E-state index contributed by atoms with van der Waals surface area (Å²) in [6, 6.07) is 10.4. The molecule has 4 N–H and O–H groups in total. The number of anilines is 1. The maximum atomic E-state index is 12.1. The molecule has 0 aliphatic carbocycles. The Morgan fingerprint density at radius 3 is 2.52 bits per heavy atom. The van der Waals surface area contributed by atoms with Crippen LogP contribution in [0.15, 0.2) is 36.4 Å². The van der Waals surface area contributed by atoms with Crippen LogP contribution in [0.25, 0.3) is 0 Å². The van der Waals surface area contributed by atoms with E-state index in [9.17, 15) is 9.90 Å². The van der Waals surface area contributed by atoms with E-state index < -0.39 is 6.10 Å². The Morgan fingerprint density at radius 1 is 1.24 bits per heavy atom. The van der Waals surface area contributed by atoms with Crippen molar-refractivity contribution in [3.8, 4) is 0 Å². The molecule has 0 radical (unpaired) electrons. The number of hydrogen-bond acceptors (Lipinski definition) is 4. The first kappa shape index (κ1) is 15.0. The fourth-order valence-electron chi connectivity index (χ4n) is 2.05. The molecule has 5 heteroatoms. The molecular weight excluding hydrogens is 266 g/mol. The second kappa shape index (κ2) is 6.37. The van der Waals surface area contributed by atoms with Gasteiger partial charge in [0, 0.05) is 17.9 Å². The number of nitrogens with zero attached hydrogens (tertiary/aromatic N) is 1. The van der Waals surface area contributed by atoms with E-state index in [1.807, 2.05) is 6.92 Å². The number of pyridine rings is 1. The highest BCUT2D eigenvalue weighted by molar-refractivity contribution is 5.95. The molecule has 0 spiro atoms. The van der Waals surface area contributed by atoms with Crippen molar-refractivity contribution in [1.29, 1.82) is 0 Å². The summed E-state index contributed by atoms with van der Waals surface area (Å²) in [4.78, 5) is 16.3. The number of aromatic nitrogens is 1. The fourth-order valence-corrected chi connectivity index (χ4v) is 2.05. The summed E-state index contributed by atoms with van der Waals surface area (Å²) in [6.07, 6.45) is -0.770. The first-order valence-electron chi connectivity index (χ1n) is 6.73. The quantitative estimate of drug-likeness (QED) is 0.747. The summed E-state index contributed by atoms with van der Waals surface area (Å²) in [6.45, 7) is 3.80. The zero-order valence-corrected chi connectivity index (χ0v) is 12.1. The monoisotopic (exact) mass is 285 g/mol. The smallest absolute Gasteiger partial charge is 0.253 e. The molecule has 5 nitrogen and oxygen atoms in total. The van der Waals surface area contributed by atoms with Gasteiger partial charge in [-0.1, -0.05) is 12.1 Å². The van der Waals surface area contributed by atoms with Crippen molar-refractivity contribution < 1.29 is 9.90 Å². The first-order valence-corrected chi connectivity index (χ1v) is 6.73. The van der Waals surface area contributed by atoms with Crippen molar-refractivity contribution in [3.05, 3.63) is 58.9 Å². The third-order valence-electron chi connectivity index (χ3n) is 3.25. The van der Waals surface area contributed by atoms with E-state index in [1.165, 1.54) is 0 Å². The summed E-state index contributed by atoms with van der Waals surface area (Å²) in [5.41, 5.74) is 9.00. The lowest BCUT2D eigenvalue weighted by atomic mass is 10.1. The van der Waals surface area contributed by atoms with Crippen LogP contribution in [-0.4, -0.2) is 22.5 Å². The average Bonchev–Trinajstić information content (AvgIpc) is 2.45. The first-order chi connectivity index (χ1) is 9.97. The van der Waals surface area contributed by atoms with Gasteiger partial charge in [-0.15, -0.1) is 0 Å². The van der Waals surface area contributed by atoms with Gasteiger partial charge in [-0.2, -0.15) is 0 Å². The van der Waals surface area contributed by atoms with E-state index in [-0.39, 0.29) is 12.5 Å². The summed E-state index contributed by atoms with van der Waals surface area (Å²) in [7, 11) is 0. The van der Waals surface area contributed by atoms with Crippen LogP contribution < -0.4 is 11.1 Å². The second-order valence-corrected chi connectivity index (χ2v) is 4.98. The zero-order chi connectivity index (χ0) is 15.4. The summed E-state index contributed by atoms with van der Waals surface area (Å²) in [5.74, 6) is -0.241. The van der Waals surface area contributed by atoms with Gasteiger partial charge in [0.1, 0.15) is 0 Å². The predicted octanol–water partition coefficient (Wildman–Crippen LogP) is 1.74. The van der Waals surface area contributed by atoms with Crippen molar-refractivity contribution >= 4 is 11.6 Å². The molecule has 1 heterocycles. The Kier molecular flexibility index (Phi) is 4.55. The molecule has 1 atom stereocenters. The molecule has 2 rings (SSSR count). The van der Waals surface area contributed by atoms with Crippen LogP contribution in [0.1, 0.15) is 33.4 Å². The van der Waals surface area contributed by atoms with Gasteiger partial charge >= 0.3 is 0 Å². The molecule has 1 aromatic heterocycles. The minimum absolute atomic E-state index is 0.135. The van der Waals surface area contributed by atoms with E-state index in [2.05, 4.69) is 10.3 Å². The molecule has 0 saturated carbocycles. The number of hydrogen-bond donors (Lipinski definition) is 3. The number of aliphatic hydroxyl groups excluding tert-OH is 1. The van der Waals surface area contributed by atoms with Crippen LogP contribution in [0.5, 0.6) is 0 Å². The lowest BCUT2D eigenvalue weighted by molar-refractivity contribution is 0.0915.